The summed E-state index contributed by atoms with van der Waals surface area (Å²) in [6.45, 7) is 7.21. The Morgan fingerprint density at radius 2 is 1.71 bits per heavy atom. The number of rotatable bonds is 11. The lowest BCUT2D eigenvalue weighted by molar-refractivity contribution is -0.241. The summed E-state index contributed by atoms with van der Waals surface area (Å²) < 4.78 is 66.6. The number of anilines is 1. The Morgan fingerprint density at radius 1 is 1.15 bits per heavy atom. The molecule has 0 radical (unpaired) electrons. The minimum Gasteiger partial charge on any atom is -0.437 e. The van der Waals surface area contributed by atoms with Gasteiger partial charge in [-0.1, -0.05) is 0 Å². The van der Waals surface area contributed by atoms with Crippen molar-refractivity contribution >= 4 is 36.9 Å². The molecule has 41 heavy (non-hydrogen) atoms. The molecule has 0 amide bonds. The number of aromatic nitrogens is 4. The number of nitrogen functional groups attached to an aromatic ring is 1. The van der Waals surface area contributed by atoms with Gasteiger partial charge in [0.15, 0.2) is 29.4 Å². The molecule has 3 heterocycles. The zero-order chi connectivity index (χ0) is 30.8. The second-order valence-corrected chi connectivity index (χ2v) is 12.9. The number of aromatic amines is 1. The predicted octanol–water partition coefficient (Wildman–Crippen LogP) is 2.55. The molecule has 2 aromatic rings. The molecule has 16 nitrogen and oxygen atoms in total. The number of phosphoric ester groups is 1. The van der Waals surface area contributed by atoms with Crippen molar-refractivity contribution in [1.82, 2.24) is 19.5 Å². The largest absolute Gasteiger partial charge is 0.480 e. The third kappa shape index (κ3) is 7.87. The number of nitrogens with zero attached hydrogens (tertiary/aromatic N) is 3. The van der Waals surface area contributed by atoms with Gasteiger partial charge in [0.1, 0.15) is 6.61 Å². The van der Waals surface area contributed by atoms with Crippen molar-refractivity contribution in [3.8, 4) is 0 Å². The van der Waals surface area contributed by atoms with Crippen LogP contribution in [-0.4, -0.2) is 70.7 Å². The van der Waals surface area contributed by atoms with E-state index in [1.807, 2.05) is 0 Å². The minimum atomic E-state index is -4.63. The number of methoxy groups -OCH3 is 1. The lowest BCUT2D eigenvalue weighted by atomic mass is 9.98. The number of hydrogen-bond acceptors (Lipinski definition) is 14. The summed E-state index contributed by atoms with van der Waals surface area (Å²) in [5.74, 6) is -3.38. The lowest BCUT2D eigenvalue weighted by Crippen LogP contribution is -2.36. The Labute approximate surface area is 234 Å². The number of alkyl halides is 1. The number of fused-ring (bicyclic) bond motifs is 1. The second kappa shape index (κ2) is 12.1. The Bertz CT molecular complexity index is 1330. The van der Waals surface area contributed by atoms with Crippen LogP contribution in [-0.2, 0) is 46.7 Å². The van der Waals surface area contributed by atoms with Gasteiger partial charge in [0, 0.05) is 13.5 Å². The SMILES string of the molecule is COC1(COP(=O)(OCOC(=O)C(C)(C)C)OCOC(=O)C(C)(C)C)CC(F)C(n2cnc3c(=O)[nH]c(N)nc32)O1. The number of nitrogens with two attached hydrogens (primary N) is 1. The molecule has 18 heteroatoms. The molecule has 0 aromatic carbocycles. The smallest absolute Gasteiger partial charge is 0.437 e. The van der Waals surface area contributed by atoms with Gasteiger partial charge in [-0.2, -0.15) is 4.98 Å². The van der Waals surface area contributed by atoms with Crippen molar-refractivity contribution < 1.29 is 51.1 Å². The van der Waals surface area contributed by atoms with Crippen LogP contribution in [0.3, 0.4) is 0 Å². The molecule has 0 aliphatic carbocycles. The zero-order valence-corrected chi connectivity index (χ0v) is 24.7. The number of halogens is 1. The summed E-state index contributed by atoms with van der Waals surface area (Å²) in [4.78, 5) is 46.5. The van der Waals surface area contributed by atoms with Gasteiger partial charge in [-0.25, -0.2) is 23.0 Å². The van der Waals surface area contributed by atoms with Gasteiger partial charge in [0.2, 0.25) is 19.5 Å². The number of esters is 2. The first-order chi connectivity index (χ1) is 18.9. The Kier molecular flexibility index (Phi) is 9.62. The summed E-state index contributed by atoms with van der Waals surface area (Å²) in [5.41, 5.74) is 3.08. The van der Waals surface area contributed by atoms with Gasteiger partial charge in [0.05, 0.1) is 17.2 Å². The molecular weight excluding hydrogens is 572 g/mol. The van der Waals surface area contributed by atoms with E-state index < -0.39 is 81.0 Å². The van der Waals surface area contributed by atoms with Crippen LogP contribution in [0, 0.1) is 10.8 Å². The van der Waals surface area contributed by atoms with E-state index in [2.05, 4.69) is 15.0 Å². The van der Waals surface area contributed by atoms with Crippen molar-refractivity contribution in [2.75, 3.05) is 33.0 Å². The summed E-state index contributed by atoms with van der Waals surface area (Å²) in [7, 11) is -3.42. The minimum absolute atomic E-state index is 0.0367. The number of nitrogens with one attached hydrogen (secondary N) is 1. The number of phosphoric acid groups is 1. The van der Waals surface area contributed by atoms with E-state index in [1.165, 1.54) is 7.11 Å². The molecule has 3 atom stereocenters. The summed E-state index contributed by atoms with van der Waals surface area (Å²) >= 11 is 0. The Morgan fingerprint density at radius 3 is 2.22 bits per heavy atom. The average Bonchev–Trinajstić information content (AvgIpc) is 3.42. The molecule has 3 N–H and O–H groups in total. The van der Waals surface area contributed by atoms with Gasteiger partial charge in [-0.3, -0.25) is 28.5 Å². The number of carbonyl (C=O) groups is 2. The number of carbonyl (C=O) groups excluding carboxylic acids is 2. The van der Waals surface area contributed by atoms with E-state index in [0.29, 0.717) is 0 Å². The van der Waals surface area contributed by atoms with Crippen LogP contribution in [0.25, 0.3) is 11.2 Å². The quantitative estimate of drug-likeness (QED) is 0.214. The van der Waals surface area contributed by atoms with Crippen LogP contribution >= 0.6 is 7.82 Å². The molecule has 1 aliphatic rings. The van der Waals surface area contributed by atoms with Crippen LogP contribution in [0.4, 0.5) is 10.3 Å². The normalized spacial score (nSPS) is 21.8. The van der Waals surface area contributed by atoms with Gasteiger partial charge in [0.25, 0.3) is 5.56 Å². The predicted molar refractivity (Wildman–Crippen MR) is 138 cm³/mol. The number of hydrogen-bond donors (Lipinski definition) is 2. The highest BCUT2D eigenvalue weighted by molar-refractivity contribution is 7.48. The molecule has 3 unspecified atom stereocenters. The van der Waals surface area contributed by atoms with Crippen LogP contribution in [0.1, 0.15) is 54.2 Å². The maximum absolute atomic E-state index is 15.3. The van der Waals surface area contributed by atoms with Crippen LogP contribution < -0.4 is 11.3 Å². The Balaban J connectivity index is 1.76. The number of H-pyrrole nitrogens is 1. The number of ether oxygens (including phenoxy) is 4. The molecule has 0 spiro atoms. The van der Waals surface area contributed by atoms with E-state index in [1.54, 1.807) is 41.5 Å². The third-order valence-electron chi connectivity index (χ3n) is 5.72. The molecule has 0 bridgehead atoms. The third-order valence-corrected chi connectivity index (χ3v) is 7.01. The van der Waals surface area contributed by atoms with Crippen molar-refractivity contribution in [3.63, 3.8) is 0 Å². The van der Waals surface area contributed by atoms with Crippen molar-refractivity contribution in [3.05, 3.63) is 16.7 Å². The molecule has 0 saturated carbocycles. The van der Waals surface area contributed by atoms with Gasteiger partial charge >= 0.3 is 19.8 Å². The lowest BCUT2D eigenvalue weighted by Gasteiger charge is -2.29. The molecule has 1 aliphatic heterocycles. The van der Waals surface area contributed by atoms with E-state index in [0.717, 1.165) is 10.9 Å². The maximum Gasteiger partial charge on any atom is 0.480 e. The monoisotopic (exact) mass is 607 g/mol. The summed E-state index contributed by atoms with van der Waals surface area (Å²) in [6, 6.07) is 0. The topological polar surface area (TPSA) is 205 Å². The molecule has 1 fully saturated rings. The molecule has 1 saturated heterocycles. The summed E-state index contributed by atoms with van der Waals surface area (Å²) in [6.07, 6.45) is -2.40. The van der Waals surface area contributed by atoms with E-state index in [9.17, 15) is 18.9 Å². The van der Waals surface area contributed by atoms with Gasteiger partial charge in [-0.15, -0.1) is 0 Å². The van der Waals surface area contributed by atoms with Crippen molar-refractivity contribution in [2.45, 2.75) is 66.1 Å². The van der Waals surface area contributed by atoms with Gasteiger partial charge < -0.3 is 24.7 Å². The van der Waals surface area contributed by atoms with Crippen molar-refractivity contribution in [2.24, 2.45) is 10.8 Å². The first-order valence-electron chi connectivity index (χ1n) is 12.4. The van der Waals surface area contributed by atoms with Crippen LogP contribution in [0.5, 0.6) is 0 Å². The van der Waals surface area contributed by atoms with Crippen LogP contribution in [0.15, 0.2) is 11.1 Å². The first-order valence-corrected chi connectivity index (χ1v) is 13.8. The van der Waals surface area contributed by atoms with E-state index in [-0.39, 0.29) is 17.1 Å². The van der Waals surface area contributed by atoms with Gasteiger partial charge in [-0.05, 0) is 41.5 Å². The molecule has 230 valence electrons. The second-order valence-electron chi connectivity index (χ2n) is 11.2. The van der Waals surface area contributed by atoms with E-state index in [4.69, 9.17) is 38.3 Å². The average molecular weight is 608 g/mol. The fourth-order valence-corrected chi connectivity index (χ4v) is 4.34. The molecule has 2 aromatic heterocycles. The first kappa shape index (κ1) is 32.6. The number of imidazole rings is 1. The Hall–Kier alpha value is -2.95. The fourth-order valence-electron chi connectivity index (χ4n) is 3.39. The zero-order valence-electron chi connectivity index (χ0n) is 23.8. The standard InChI is InChI=1S/C23H35FN5O11P/c1-21(2,3)18(31)35-11-38-41(33,39-12-36-19(32)22(4,5)6)37-9-23(34-7)8-13(24)17(40-23)29-10-26-14-15(29)27-20(25)28-16(14)30/h10,13,17H,8-9,11-12H2,1-7H3,(H3,25,27,28,30). The highest BCUT2D eigenvalue weighted by Crippen LogP contribution is 2.52. The van der Waals surface area contributed by atoms with Crippen molar-refractivity contribution in [1.29, 1.82) is 0 Å². The molecular formula is C23H35FN5O11P. The summed E-state index contributed by atoms with van der Waals surface area (Å²) in [5, 5.41) is 0. The fraction of sp³-hybridized carbons (Fsp3) is 0.696. The van der Waals surface area contributed by atoms with E-state index >= 15 is 4.39 Å². The molecule has 3 rings (SSSR count). The highest BCUT2D eigenvalue weighted by atomic mass is 31.2. The maximum atomic E-state index is 15.3. The van der Waals surface area contributed by atoms with Crippen LogP contribution in [0.2, 0.25) is 0 Å². The highest BCUT2D eigenvalue weighted by Gasteiger charge is 2.51.